The molecule has 1 aromatic carbocycles. The summed E-state index contributed by atoms with van der Waals surface area (Å²) in [7, 11) is 0. The van der Waals surface area contributed by atoms with E-state index in [9.17, 15) is 0 Å². The van der Waals surface area contributed by atoms with Crippen molar-refractivity contribution in [3.63, 3.8) is 0 Å². The summed E-state index contributed by atoms with van der Waals surface area (Å²) in [6.07, 6.45) is 2.99. The largest absolute Gasteiger partial charge is 0.379 e. The van der Waals surface area contributed by atoms with Gasteiger partial charge in [0.1, 0.15) is 0 Å². The Morgan fingerprint density at radius 3 is 2.49 bits per heavy atom. The monoisotopic (exact) mass is 517 g/mol. The van der Waals surface area contributed by atoms with Gasteiger partial charge in [0.25, 0.3) is 0 Å². The lowest BCUT2D eigenvalue weighted by Crippen LogP contribution is -2.37. The molecule has 2 aliphatic rings. The zero-order valence-corrected chi connectivity index (χ0v) is 23.3. The van der Waals surface area contributed by atoms with Crippen LogP contribution in [0.15, 0.2) is 54.7 Å². The first-order chi connectivity index (χ1) is 17.9. The first-order valence-corrected chi connectivity index (χ1v) is 13.9. The van der Waals surface area contributed by atoms with E-state index >= 15 is 0 Å². The molecule has 0 aliphatic carbocycles. The first-order valence-electron chi connectivity index (χ1n) is 13.5. The number of ether oxygens (including phenoxy) is 1. The highest BCUT2D eigenvalue weighted by molar-refractivity contribution is 7.80. The second kappa shape index (κ2) is 11.3. The molecule has 7 heteroatoms. The third-order valence-electron chi connectivity index (χ3n) is 7.83. The van der Waals surface area contributed by atoms with E-state index in [2.05, 4.69) is 89.8 Å². The number of rotatable bonds is 8. The van der Waals surface area contributed by atoms with E-state index in [0.29, 0.717) is 5.92 Å². The van der Waals surface area contributed by atoms with E-state index in [1.165, 1.54) is 22.5 Å². The quantitative estimate of drug-likeness (QED) is 0.397. The fourth-order valence-electron chi connectivity index (χ4n) is 5.72. The number of benzene rings is 1. The summed E-state index contributed by atoms with van der Waals surface area (Å²) in [5, 5.41) is 4.36. The minimum Gasteiger partial charge on any atom is -0.379 e. The molecule has 1 N–H and O–H groups in total. The lowest BCUT2D eigenvalue weighted by Gasteiger charge is -2.28. The van der Waals surface area contributed by atoms with Gasteiger partial charge in [-0.05, 0) is 79.9 Å². The molecule has 196 valence electrons. The second-order valence-electron chi connectivity index (χ2n) is 10.5. The highest BCUT2D eigenvalue weighted by atomic mass is 32.1. The predicted molar refractivity (Wildman–Crippen MR) is 154 cm³/mol. The number of nitrogens with zero attached hydrogens (tertiary/aromatic N) is 4. The van der Waals surface area contributed by atoms with Crippen molar-refractivity contribution in [3.05, 3.63) is 82.9 Å². The van der Waals surface area contributed by atoms with Gasteiger partial charge in [-0.2, -0.15) is 0 Å². The fraction of sp³-hybridized carbons (Fsp3) is 0.467. The maximum Gasteiger partial charge on any atom is 0.174 e. The molecule has 2 aromatic heterocycles. The Hall–Kier alpha value is -2.74. The molecule has 2 aliphatic heterocycles. The van der Waals surface area contributed by atoms with Crippen molar-refractivity contribution in [2.45, 2.75) is 58.7 Å². The summed E-state index contributed by atoms with van der Waals surface area (Å²) in [6.45, 7) is 14.8. The van der Waals surface area contributed by atoms with Crippen LogP contribution in [0.4, 0.5) is 5.69 Å². The van der Waals surface area contributed by atoms with Crippen molar-refractivity contribution >= 4 is 23.0 Å². The summed E-state index contributed by atoms with van der Waals surface area (Å²) >= 11 is 5.95. The van der Waals surface area contributed by atoms with Gasteiger partial charge in [-0.25, -0.2) is 0 Å². The predicted octanol–water partition coefficient (Wildman–Crippen LogP) is 5.52. The van der Waals surface area contributed by atoms with Crippen molar-refractivity contribution in [2.24, 2.45) is 0 Å². The fourth-order valence-corrected chi connectivity index (χ4v) is 6.06. The number of thiocarbonyl (C=S) groups is 1. The number of hydrogen-bond donors (Lipinski definition) is 1. The Labute approximate surface area is 226 Å². The zero-order chi connectivity index (χ0) is 25.9. The lowest BCUT2D eigenvalue weighted by molar-refractivity contribution is 0.0369. The van der Waals surface area contributed by atoms with Crippen LogP contribution < -0.4 is 10.2 Å². The van der Waals surface area contributed by atoms with Crippen molar-refractivity contribution in [2.75, 3.05) is 37.7 Å². The van der Waals surface area contributed by atoms with Crippen molar-refractivity contribution in [3.8, 4) is 0 Å². The summed E-state index contributed by atoms with van der Waals surface area (Å²) in [4.78, 5) is 9.53. The number of nitrogens with one attached hydrogen (secondary N) is 1. The number of morpholine rings is 1. The number of pyridine rings is 1. The maximum absolute atomic E-state index is 5.95. The average molecular weight is 518 g/mol. The molecular weight excluding hydrogens is 478 g/mol. The molecule has 0 unspecified atom stereocenters. The van der Waals surface area contributed by atoms with Crippen LogP contribution in [0.2, 0.25) is 0 Å². The molecule has 3 aromatic rings. The molecule has 0 amide bonds. The van der Waals surface area contributed by atoms with Gasteiger partial charge in [0.2, 0.25) is 0 Å². The van der Waals surface area contributed by atoms with Gasteiger partial charge in [-0.3, -0.25) is 9.88 Å². The second-order valence-corrected chi connectivity index (χ2v) is 10.9. The third kappa shape index (κ3) is 5.44. The maximum atomic E-state index is 5.95. The van der Waals surface area contributed by atoms with Crippen LogP contribution in [-0.4, -0.2) is 52.4 Å². The summed E-state index contributed by atoms with van der Waals surface area (Å²) < 4.78 is 7.99. The van der Waals surface area contributed by atoms with Crippen LogP contribution in [0.1, 0.15) is 66.5 Å². The Morgan fingerprint density at radius 2 is 1.81 bits per heavy atom. The van der Waals surface area contributed by atoms with E-state index in [0.717, 1.165) is 62.3 Å². The van der Waals surface area contributed by atoms with E-state index in [1.54, 1.807) is 0 Å². The van der Waals surface area contributed by atoms with Crippen LogP contribution in [0, 0.1) is 13.8 Å². The van der Waals surface area contributed by atoms with Gasteiger partial charge in [0.15, 0.2) is 5.11 Å². The SMILES string of the molecule is Cc1cc([C@H]2[C@H](c3ccccn3)NC(=S)N2c2ccc(C(C)C)cc2)c(C)n1CCCN1CCOCC1. The molecule has 2 fully saturated rings. The van der Waals surface area contributed by atoms with Crippen LogP contribution in [-0.2, 0) is 11.3 Å². The van der Waals surface area contributed by atoms with Crippen LogP contribution in [0.25, 0.3) is 0 Å². The molecule has 2 atom stereocenters. The molecule has 2 saturated heterocycles. The van der Waals surface area contributed by atoms with E-state index in [-0.39, 0.29) is 12.1 Å². The van der Waals surface area contributed by atoms with Gasteiger partial charge < -0.3 is 19.5 Å². The van der Waals surface area contributed by atoms with Crippen LogP contribution in [0.3, 0.4) is 0 Å². The van der Waals surface area contributed by atoms with E-state index in [4.69, 9.17) is 21.9 Å². The Balaban J connectivity index is 1.46. The lowest BCUT2D eigenvalue weighted by atomic mass is 9.96. The van der Waals surface area contributed by atoms with Crippen molar-refractivity contribution in [1.82, 2.24) is 19.8 Å². The molecule has 6 nitrogen and oxygen atoms in total. The number of aromatic nitrogens is 2. The molecule has 0 spiro atoms. The molecular formula is C30H39N5OS. The van der Waals surface area contributed by atoms with E-state index < -0.39 is 0 Å². The van der Waals surface area contributed by atoms with Crippen molar-refractivity contribution in [1.29, 1.82) is 0 Å². The topological polar surface area (TPSA) is 45.6 Å². The van der Waals surface area contributed by atoms with Crippen LogP contribution in [0.5, 0.6) is 0 Å². The summed E-state index contributed by atoms with van der Waals surface area (Å²) in [6, 6.07) is 17.3. The minimum absolute atomic E-state index is 0.0199. The molecule has 0 bridgehead atoms. The van der Waals surface area contributed by atoms with Gasteiger partial charge in [0, 0.05) is 49.5 Å². The number of anilines is 1. The Morgan fingerprint density at radius 1 is 1.05 bits per heavy atom. The smallest absolute Gasteiger partial charge is 0.174 e. The van der Waals surface area contributed by atoms with Gasteiger partial charge in [-0.1, -0.05) is 32.0 Å². The summed E-state index contributed by atoms with van der Waals surface area (Å²) in [5.41, 5.74) is 7.36. The van der Waals surface area contributed by atoms with E-state index in [1.807, 2.05) is 12.3 Å². The number of aryl methyl sites for hydroxylation is 1. The number of hydrogen-bond acceptors (Lipinski definition) is 4. The first kappa shape index (κ1) is 25.9. The Bertz CT molecular complexity index is 1200. The molecule has 0 radical (unpaired) electrons. The van der Waals surface area contributed by atoms with Gasteiger partial charge in [0.05, 0.1) is 31.0 Å². The Kier molecular flexibility index (Phi) is 7.93. The standard InChI is InChI=1S/C30H39N5OS/c1-21(2)24-9-11-25(12-10-24)35-29(28(32-30(35)37)27-8-5-6-13-31-27)26-20-22(3)34(23(26)4)15-7-14-33-16-18-36-19-17-33/h5-6,8-13,20-21,28-29H,7,14-19H2,1-4H3,(H,32,37)/t28-,29-/m0/s1. The molecule has 37 heavy (non-hydrogen) atoms. The van der Waals surface area contributed by atoms with Gasteiger partial charge >= 0.3 is 0 Å². The van der Waals surface area contributed by atoms with Crippen LogP contribution >= 0.6 is 12.2 Å². The third-order valence-corrected chi connectivity index (χ3v) is 8.14. The zero-order valence-electron chi connectivity index (χ0n) is 22.5. The highest BCUT2D eigenvalue weighted by Crippen LogP contribution is 2.43. The van der Waals surface area contributed by atoms with Gasteiger partial charge in [-0.15, -0.1) is 0 Å². The molecule has 5 rings (SSSR count). The normalized spacial score (nSPS) is 20.6. The minimum atomic E-state index is -0.0271. The highest BCUT2D eigenvalue weighted by Gasteiger charge is 2.42. The average Bonchev–Trinajstić information content (AvgIpc) is 3.40. The summed E-state index contributed by atoms with van der Waals surface area (Å²) in [5.74, 6) is 0.492. The molecule has 0 saturated carbocycles. The van der Waals surface area contributed by atoms with Crippen molar-refractivity contribution < 1.29 is 4.74 Å². The molecule has 4 heterocycles.